The Morgan fingerprint density at radius 3 is 3.00 bits per heavy atom. The number of alkyl halides is 1. The van der Waals surface area contributed by atoms with Crippen LogP contribution in [0.25, 0.3) is 0 Å². The van der Waals surface area contributed by atoms with Crippen molar-refractivity contribution in [3.8, 4) is 0 Å². The highest BCUT2D eigenvalue weighted by Gasteiger charge is 1.96. The molecule has 0 saturated heterocycles. The number of rotatable bonds is 2. The Labute approximate surface area is 62.4 Å². The quantitative estimate of drug-likeness (QED) is 0.665. The molecule has 9 heavy (non-hydrogen) atoms. The molecule has 0 aliphatic rings. The summed E-state index contributed by atoms with van der Waals surface area (Å²) in [6.07, 6.45) is 0.942. The molecule has 50 valence electrons. The van der Waals surface area contributed by atoms with E-state index in [9.17, 15) is 0 Å². The van der Waals surface area contributed by atoms with Crippen LogP contribution in [0.15, 0.2) is 10.6 Å². The molecular formula is C6H8BrNO. The third kappa shape index (κ3) is 1.82. The molecule has 1 aromatic heterocycles. The van der Waals surface area contributed by atoms with Crippen molar-refractivity contribution in [1.82, 2.24) is 5.16 Å². The van der Waals surface area contributed by atoms with Gasteiger partial charge < -0.3 is 4.52 Å². The predicted molar refractivity (Wildman–Crippen MR) is 38.7 cm³/mol. The number of hydrogen-bond acceptors (Lipinski definition) is 2. The van der Waals surface area contributed by atoms with Gasteiger partial charge in [0, 0.05) is 17.8 Å². The molecule has 0 N–H and O–H groups in total. The van der Waals surface area contributed by atoms with Crippen LogP contribution in [0.5, 0.6) is 0 Å². The van der Waals surface area contributed by atoms with Crippen LogP contribution in [0.1, 0.15) is 11.5 Å². The molecule has 0 aromatic carbocycles. The van der Waals surface area contributed by atoms with E-state index in [0.717, 1.165) is 23.2 Å². The van der Waals surface area contributed by atoms with E-state index >= 15 is 0 Å². The molecular weight excluding hydrogens is 182 g/mol. The number of aromatic nitrogens is 1. The molecule has 0 spiro atoms. The lowest BCUT2D eigenvalue weighted by atomic mass is 10.3. The lowest BCUT2D eigenvalue weighted by Gasteiger charge is -1.81. The van der Waals surface area contributed by atoms with Crippen molar-refractivity contribution in [2.75, 3.05) is 5.33 Å². The number of hydrogen-bond donors (Lipinski definition) is 0. The van der Waals surface area contributed by atoms with E-state index in [4.69, 9.17) is 4.52 Å². The van der Waals surface area contributed by atoms with E-state index in [2.05, 4.69) is 21.1 Å². The monoisotopic (exact) mass is 189 g/mol. The largest absolute Gasteiger partial charge is 0.361 e. The third-order valence-corrected chi connectivity index (χ3v) is 1.42. The maximum absolute atomic E-state index is 4.85. The van der Waals surface area contributed by atoms with Gasteiger partial charge in [-0.3, -0.25) is 0 Å². The highest BCUT2D eigenvalue weighted by Crippen LogP contribution is 2.02. The number of halogens is 1. The molecule has 0 aliphatic heterocycles. The fourth-order valence-electron chi connectivity index (χ4n) is 0.633. The minimum atomic E-state index is 0.881. The van der Waals surface area contributed by atoms with Gasteiger partial charge in [0.1, 0.15) is 5.76 Å². The first-order valence-corrected chi connectivity index (χ1v) is 3.93. The molecule has 0 atom stereocenters. The van der Waals surface area contributed by atoms with Gasteiger partial charge in [-0.25, -0.2) is 0 Å². The van der Waals surface area contributed by atoms with Crippen LogP contribution in [0.4, 0.5) is 0 Å². The molecule has 1 rings (SSSR count). The lowest BCUT2D eigenvalue weighted by Crippen LogP contribution is -1.82. The van der Waals surface area contributed by atoms with Crippen molar-refractivity contribution < 1.29 is 4.52 Å². The van der Waals surface area contributed by atoms with E-state index in [1.165, 1.54) is 0 Å². The van der Waals surface area contributed by atoms with Crippen LogP contribution >= 0.6 is 15.9 Å². The second kappa shape index (κ2) is 3.01. The zero-order valence-corrected chi connectivity index (χ0v) is 6.81. The van der Waals surface area contributed by atoms with Crippen molar-refractivity contribution in [1.29, 1.82) is 0 Å². The van der Waals surface area contributed by atoms with Gasteiger partial charge in [-0.15, -0.1) is 0 Å². The minimum absolute atomic E-state index is 0.881. The normalized spacial score (nSPS) is 10.0. The van der Waals surface area contributed by atoms with Crippen molar-refractivity contribution in [3.05, 3.63) is 17.5 Å². The Bertz CT molecular complexity index is 185. The average molecular weight is 190 g/mol. The fraction of sp³-hybridized carbons (Fsp3) is 0.500. The van der Waals surface area contributed by atoms with Gasteiger partial charge >= 0.3 is 0 Å². The number of aryl methyl sites for hydroxylation is 2. The van der Waals surface area contributed by atoms with Gasteiger partial charge in [0.2, 0.25) is 0 Å². The second-order valence-electron chi connectivity index (χ2n) is 1.87. The average Bonchev–Trinajstić information content (AvgIpc) is 2.17. The summed E-state index contributed by atoms with van der Waals surface area (Å²) < 4.78 is 4.85. The van der Waals surface area contributed by atoms with Gasteiger partial charge in [-0.2, -0.15) is 0 Å². The summed E-state index contributed by atoms with van der Waals surface area (Å²) in [7, 11) is 0. The first kappa shape index (κ1) is 6.81. The zero-order valence-electron chi connectivity index (χ0n) is 5.22. The van der Waals surface area contributed by atoms with Crippen molar-refractivity contribution in [2.24, 2.45) is 0 Å². The Balaban J connectivity index is 2.61. The van der Waals surface area contributed by atoms with E-state index in [1.807, 2.05) is 13.0 Å². The van der Waals surface area contributed by atoms with E-state index in [1.54, 1.807) is 0 Å². The molecule has 1 heterocycles. The first-order chi connectivity index (χ1) is 4.33. The summed E-state index contributed by atoms with van der Waals surface area (Å²) in [6, 6.07) is 1.95. The van der Waals surface area contributed by atoms with Crippen LogP contribution in [0.3, 0.4) is 0 Å². The van der Waals surface area contributed by atoms with E-state index < -0.39 is 0 Å². The van der Waals surface area contributed by atoms with Crippen molar-refractivity contribution >= 4 is 15.9 Å². The molecule has 0 saturated carbocycles. The standard InChI is InChI=1S/C6H8BrNO/c1-5-4-6(2-3-7)8-9-5/h4H,2-3H2,1H3. The predicted octanol–water partition coefficient (Wildman–Crippen LogP) is 1.92. The fourth-order valence-corrected chi connectivity index (χ4v) is 1.04. The summed E-state index contributed by atoms with van der Waals surface area (Å²) in [5.41, 5.74) is 1.02. The second-order valence-corrected chi connectivity index (χ2v) is 2.66. The Morgan fingerprint density at radius 2 is 2.56 bits per heavy atom. The van der Waals surface area contributed by atoms with E-state index in [-0.39, 0.29) is 0 Å². The lowest BCUT2D eigenvalue weighted by molar-refractivity contribution is 0.391. The van der Waals surface area contributed by atoms with Crippen LogP contribution in [0.2, 0.25) is 0 Å². The van der Waals surface area contributed by atoms with Gasteiger partial charge in [0.25, 0.3) is 0 Å². The molecule has 1 aromatic rings. The molecule has 3 heteroatoms. The molecule has 0 bridgehead atoms. The highest BCUT2D eigenvalue weighted by atomic mass is 79.9. The summed E-state index contributed by atoms with van der Waals surface area (Å²) in [5.74, 6) is 0.881. The summed E-state index contributed by atoms with van der Waals surface area (Å²) in [6.45, 7) is 1.89. The topological polar surface area (TPSA) is 26.0 Å². The molecule has 0 amide bonds. The minimum Gasteiger partial charge on any atom is -0.361 e. The molecule has 0 fully saturated rings. The maximum atomic E-state index is 4.85. The van der Waals surface area contributed by atoms with Crippen LogP contribution in [-0.2, 0) is 6.42 Å². The SMILES string of the molecule is Cc1cc(CCBr)no1. The number of nitrogens with zero attached hydrogens (tertiary/aromatic N) is 1. The van der Waals surface area contributed by atoms with Crippen LogP contribution in [-0.4, -0.2) is 10.5 Å². The van der Waals surface area contributed by atoms with Crippen LogP contribution in [0, 0.1) is 6.92 Å². The van der Waals surface area contributed by atoms with Crippen molar-refractivity contribution in [2.45, 2.75) is 13.3 Å². The molecule has 0 aliphatic carbocycles. The van der Waals surface area contributed by atoms with Crippen molar-refractivity contribution in [3.63, 3.8) is 0 Å². The molecule has 0 radical (unpaired) electrons. The summed E-state index contributed by atoms with van der Waals surface area (Å²) in [4.78, 5) is 0. The maximum Gasteiger partial charge on any atom is 0.133 e. The first-order valence-electron chi connectivity index (χ1n) is 2.81. The third-order valence-electron chi connectivity index (χ3n) is 1.03. The van der Waals surface area contributed by atoms with Gasteiger partial charge in [0.15, 0.2) is 0 Å². The molecule has 0 unspecified atom stereocenters. The Kier molecular flexibility index (Phi) is 2.28. The summed E-state index contributed by atoms with van der Waals surface area (Å²) in [5, 5.41) is 4.74. The van der Waals surface area contributed by atoms with Crippen LogP contribution < -0.4 is 0 Å². The molecule has 2 nitrogen and oxygen atoms in total. The van der Waals surface area contributed by atoms with Gasteiger partial charge in [0.05, 0.1) is 5.69 Å². The van der Waals surface area contributed by atoms with Gasteiger partial charge in [-0.1, -0.05) is 21.1 Å². The highest BCUT2D eigenvalue weighted by molar-refractivity contribution is 9.09. The zero-order chi connectivity index (χ0) is 6.69. The Hall–Kier alpha value is -0.310. The summed E-state index contributed by atoms with van der Waals surface area (Å²) >= 11 is 3.31. The Morgan fingerprint density at radius 1 is 1.78 bits per heavy atom. The van der Waals surface area contributed by atoms with Gasteiger partial charge in [-0.05, 0) is 6.92 Å². The van der Waals surface area contributed by atoms with E-state index in [0.29, 0.717) is 0 Å². The smallest absolute Gasteiger partial charge is 0.133 e.